The second-order valence-electron chi connectivity index (χ2n) is 3.92. The molecule has 0 radical (unpaired) electrons. The van der Waals surface area contributed by atoms with E-state index in [0.717, 1.165) is 5.56 Å². The average Bonchev–Trinajstić information content (AvgIpc) is 2.80. The van der Waals surface area contributed by atoms with Crippen LogP contribution in [0.3, 0.4) is 0 Å². The van der Waals surface area contributed by atoms with E-state index in [1.807, 2.05) is 13.0 Å². The maximum absolute atomic E-state index is 11.8. The summed E-state index contributed by atoms with van der Waals surface area (Å²) in [6, 6.07) is 6.56. The second-order valence-corrected chi connectivity index (χ2v) is 5.53. The van der Waals surface area contributed by atoms with E-state index in [0.29, 0.717) is 6.42 Å². The first-order valence-electron chi connectivity index (χ1n) is 5.34. The lowest BCUT2D eigenvalue weighted by molar-refractivity contribution is 0.111. The third-order valence-electron chi connectivity index (χ3n) is 2.48. The van der Waals surface area contributed by atoms with Crippen LogP contribution in [0.25, 0.3) is 0 Å². The zero-order chi connectivity index (χ0) is 12.3. The summed E-state index contributed by atoms with van der Waals surface area (Å²) in [4.78, 5) is 0.175. The molecule has 0 spiro atoms. The highest BCUT2D eigenvalue weighted by Gasteiger charge is 2.19. The Balaban J connectivity index is 2.00. The molecule has 0 N–H and O–H groups in total. The largest absolute Gasteiger partial charge is 0.496 e. The maximum Gasteiger partial charge on any atom is 0.297 e. The van der Waals surface area contributed by atoms with E-state index in [9.17, 15) is 8.42 Å². The van der Waals surface area contributed by atoms with Gasteiger partial charge in [0, 0.05) is 6.42 Å². The molecule has 17 heavy (non-hydrogen) atoms. The summed E-state index contributed by atoms with van der Waals surface area (Å²) >= 11 is 0. The molecule has 0 aromatic heterocycles. The predicted molar refractivity (Wildman–Crippen MR) is 62.9 cm³/mol. The number of hydrogen-bond donors (Lipinski definition) is 0. The average molecular weight is 254 g/mol. The summed E-state index contributed by atoms with van der Waals surface area (Å²) in [5.41, 5.74) is 1.01. The SMILES string of the molecule is Cc1ccc(S(=O)(=O)OCC2CC=CO2)cc1. The molecule has 1 aliphatic rings. The van der Waals surface area contributed by atoms with Crippen molar-refractivity contribution in [2.24, 2.45) is 0 Å². The molecule has 0 amide bonds. The Morgan fingerprint density at radius 1 is 1.35 bits per heavy atom. The Hall–Kier alpha value is -1.33. The van der Waals surface area contributed by atoms with Gasteiger partial charge in [0.05, 0.1) is 11.2 Å². The highest BCUT2D eigenvalue weighted by Crippen LogP contribution is 2.16. The van der Waals surface area contributed by atoms with Crippen molar-refractivity contribution >= 4 is 10.1 Å². The van der Waals surface area contributed by atoms with Gasteiger partial charge in [-0.1, -0.05) is 17.7 Å². The molecule has 2 rings (SSSR count). The first-order chi connectivity index (χ1) is 8.08. The summed E-state index contributed by atoms with van der Waals surface area (Å²) in [6.45, 7) is 1.94. The maximum atomic E-state index is 11.8. The normalized spacial score (nSPS) is 19.2. The highest BCUT2D eigenvalue weighted by atomic mass is 32.2. The smallest absolute Gasteiger partial charge is 0.297 e. The Kier molecular flexibility index (Phi) is 3.49. The van der Waals surface area contributed by atoms with Crippen LogP contribution in [0.4, 0.5) is 0 Å². The molecule has 1 unspecified atom stereocenters. The topological polar surface area (TPSA) is 52.6 Å². The van der Waals surface area contributed by atoms with Crippen molar-refractivity contribution in [2.45, 2.75) is 24.3 Å². The van der Waals surface area contributed by atoms with Crippen LogP contribution in [0.1, 0.15) is 12.0 Å². The fraction of sp³-hybridized carbons (Fsp3) is 0.333. The molecule has 1 heterocycles. The molecular weight excluding hydrogens is 240 g/mol. The van der Waals surface area contributed by atoms with Crippen molar-refractivity contribution in [3.05, 3.63) is 42.2 Å². The predicted octanol–water partition coefficient (Wildman–Crippen LogP) is 2.00. The standard InChI is InChI=1S/C12H14O4S/c1-10-4-6-12(7-5-10)17(13,14)16-9-11-3-2-8-15-11/h2,4-8,11H,3,9H2,1H3. The lowest BCUT2D eigenvalue weighted by Crippen LogP contribution is -2.18. The van der Waals surface area contributed by atoms with Gasteiger partial charge < -0.3 is 4.74 Å². The van der Waals surface area contributed by atoms with Crippen molar-refractivity contribution in [1.29, 1.82) is 0 Å². The monoisotopic (exact) mass is 254 g/mol. The van der Waals surface area contributed by atoms with Gasteiger partial charge in [-0.25, -0.2) is 0 Å². The van der Waals surface area contributed by atoms with E-state index in [-0.39, 0.29) is 17.6 Å². The molecule has 1 aromatic carbocycles. The number of ether oxygens (including phenoxy) is 1. The van der Waals surface area contributed by atoms with Crippen LogP contribution >= 0.6 is 0 Å². The van der Waals surface area contributed by atoms with E-state index in [2.05, 4.69) is 0 Å². The van der Waals surface area contributed by atoms with Crippen molar-refractivity contribution in [1.82, 2.24) is 0 Å². The van der Waals surface area contributed by atoms with E-state index >= 15 is 0 Å². The zero-order valence-electron chi connectivity index (χ0n) is 9.50. The van der Waals surface area contributed by atoms with E-state index in [1.54, 1.807) is 30.5 Å². The second kappa shape index (κ2) is 4.89. The number of aryl methyl sites for hydroxylation is 1. The molecule has 4 nitrogen and oxygen atoms in total. The number of rotatable bonds is 4. The molecule has 0 saturated carbocycles. The lowest BCUT2D eigenvalue weighted by atomic mass is 10.2. The zero-order valence-corrected chi connectivity index (χ0v) is 10.3. The molecule has 1 aliphatic heterocycles. The van der Waals surface area contributed by atoms with Gasteiger partial charge in [-0.2, -0.15) is 8.42 Å². The van der Waals surface area contributed by atoms with E-state index < -0.39 is 10.1 Å². The Labute approximate surface area is 101 Å². The molecule has 5 heteroatoms. The van der Waals surface area contributed by atoms with Gasteiger partial charge in [0.15, 0.2) is 0 Å². The molecule has 0 saturated heterocycles. The molecule has 1 aromatic rings. The molecule has 0 bridgehead atoms. The molecule has 92 valence electrons. The van der Waals surface area contributed by atoms with Crippen molar-refractivity contribution in [3.8, 4) is 0 Å². The van der Waals surface area contributed by atoms with Gasteiger partial charge in [0.25, 0.3) is 10.1 Å². The van der Waals surface area contributed by atoms with Crippen LogP contribution in [0, 0.1) is 6.92 Å². The summed E-state index contributed by atoms with van der Waals surface area (Å²) in [5, 5.41) is 0. The third kappa shape index (κ3) is 3.08. The minimum absolute atomic E-state index is 0.0449. The molecule has 0 fully saturated rings. The van der Waals surface area contributed by atoms with Gasteiger partial charge in [-0.15, -0.1) is 0 Å². The van der Waals surface area contributed by atoms with Gasteiger partial charge in [0.2, 0.25) is 0 Å². The van der Waals surface area contributed by atoms with Gasteiger partial charge in [-0.3, -0.25) is 4.18 Å². The summed E-state index contributed by atoms with van der Waals surface area (Å²) in [6.07, 6.45) is 3.89. The van der Waals surface area contributed by atoms with E-state index in [4.69, 9.17) is 8.92 Å². The van der Waals surface area contributed by atoms with Gasteiger partial charge in [0.1, 0.15) is 12.7 Å². The summed E-state index contributed by atoms with van der Waals surface area (Å²) in [5.74, 6) is 0. The van der Waals surface area contributed by atoms with Crippen molar-refractivity contribution in [2.75, 3.05) is 6.61 Å². The fourth-order valence-electron chi connectivity index (χ4n) is 1.48. The van der Waals surface area contributed by atoms with Crippen LogP contribution in [0.2, 0.25) is 0 Å². The van der Waals surface area contributed by atoms with Crippen LogP contribution in [-0.4, -0.2) is 21.1 Å². The van der Waals surface area contributed by atoms with E-state index in [1.165, 1.54) is 0 Å². The minimum Gasteiger partial charge on any atom is -0.496 e. The first kappa shape index (κ1) is 12.1. The number of hydrogen-bond acceptors (Lipinski definition) is 4. The van der Waals surface area contributed by atoms with Crippen molar-refractivity contribution in [3.63, 3.8) is 0 Å². The van der Waals surface area contributed by atoms with Crippen molar-refractivity contribution < 1.29 is 17.3 Å². The Morgan fingerprint density at radius 2 is 2.06 bits per heavy atom. The summed E-state index contributed by atoms with van der Waals surface area (Å²) < 4.78 is 33.7. The van der Waals surface area contributed by atoms with Crippen LogP contribution in [0.5, 0.6) is 0 Å². The number of benzene rings is 1. The summed E-state index contributed by atoms with van der Waals surface area (Å²) in [7, 11) is -3.67. The highest BCUT2D eigenvalue weighted by molar-refractivity contribution is 7.86. The van der Waals surface area contributed by atoms with Crippen LogP contribution in [0.15, 0.2) is 41.5 Å². The Bertz CT molecular complexity index is 494. The quantitative estimate of drug-likeness (QED) is 0.771. The third-order valence-corrected chi connectivity index (χ3v) is 3.78. The Morgan fingerprint density at radius 3 is 2.65 bits per heavy atom. The van der Waals surface area contributed by atoms with Crippen LogP contribution < -0.4 is 0 Å². The first-order valence-corrected chi connectivity index (χ1v) is 6.75. The molecule has 0 aliphatic carbocycles. The minimum atomic E-state index is -3.67. The van der Waals surface area contributed by atoms with Gasteiger partial charge in [-0.05, 0) is 25.1 Å². The molecule has 1 atom stereocenters. The fourth-order valence-corrected chi connectivity index (χ4v) is 2.41. The van der Waals surface area contributed by atoms with Gasteiger partial charge >= 0.3 is 0 Å². The lowest BCUT2D eigenvalue weighted by Gasteiger charge is -2.11. The van der Waals surface area contributed by atoms with Crippen LogP contribution in [-0.2, 0) is 19.0 Å². The molecular formula is C12H14O4S.